The highest BCUT2D eigenvalue weighted by Crippen LogP contribution is 2.38. The Labute approximate surface area is 161 Å². The van der Waals surface area contributed by atoms with Gasteiger partial charge in [0.25, 0.3) is 0 Å². The fourth-order valence-corrected chi connectivity index (χ4v) is 4.23. The molecule has 0 saturated carbocycles. The second kappa shape index (κ2) is 6.82. The number of thiophene rings is 1. The number of carbonyl (C=O) groups excluding carboxylic acids is 1. The normalized spacial score (nSPS) is 17.0. The Hall–Kier alpha value is -2.24. The van der Waals surface area contributed by atoms with E-state index in [0.29, 0.717) is 18.0 Å². The minimum Gasteiger partial charge on any atom is -0.273 e. The summed E-state index contributed by atoms with van der Waals surface area (Å²) in [6, 6.07) is 12.0. The maximum atomic E-state index is 12.5. The molecule has 1 amide bonds. The average Bonchev–Trinajstić information content (AvgIpc) is 3.30. The summed E-state index contributed by atoms with van der Waals surface area (Å²) in [4.78, 5) is 18.1. The zero-order valence-corrected chi connectivity index (χ0v) is 16.1. The van der Waals surface area contributed by atoms with Gasteiger partial charge in [0.15, 0.2) is 0 Å². The SMILES string of the molecule is CCC(=O)N1N=C(c2cccs2)CC1c1cc2ccc(C)cc2nc1Cl. The second-order valence-corrected chi connectivity index (χ2v) is 7.71. The fraction of sp³-hybridized carbons (Fsp3) is 0.250. The summed E-state index contributed by atoms with van der Waals surface area (Å²) in [5.41, 5.74) is 3.78. The third kappa shape index (κ3) is 3.02. The minimum absolute atomic E-state index is 0.0124. The summed E-state index contributed by atoms with van der Waals surface area (Å²) in [7, 11) is 0. The summed E-state index contributed by atoms with van der Waals surface area (Å²) >= 11 is 8.15. The summed E-state index contributed by atoms with van der Waals surface area (Å²) in [5, 5.41) is 9.67. The van der Waals surface area contributed by atoms with Gasteiger partial charge in [-0.3, -0.25) is 4.79 Å². The van der Waals surface area contributed by atoms with Crippen molar-refractivity contribution >= 4 is 45.5 Å². The number of carbonyl (C=O) groups is 1. The van der Waals surface area contributed by atoms with Crippen LogP contribution in [0.25, 0.3) is 10.9 Å². The Balaban J connectivity index is 1.78. The smallest absolute Gasteiger partial charge is 0.242 e. The first kappa shape index (κ1) is 17.2. The Bertz CT molecular complexity index is 1010. The van der Waals surface area contributed by atoms with Crippen LogP contribution in [0.3, 0.4) is 0 Å². The molecule has 132 valence electrons. The van der Waals surface area contributed by atoms with E-state index in [1.807, 2.05) is 49.6 Å². The predicted molar refractivity (Wildman–Crippen MR) is 107 cm³/mol. The predicted octanol–water partition coefficient (Wildman–Crippen LogP) is 5.35. The van der Waals surface area contributed by atoms with Crippen LogP contribution in [0.2, 0.25) is 5.15 Å². The molecular formula is C20H18ClN3OS. The van der Waals surface area contributed by atoms with Crippen molar-refractivity contribution in [3.63, 3.8) is 0 Å². The molecule has 1 aliphatic heterocycles. The number of fused-ring (bicyclic) bond motifs is 1. The number of nitrogens with zero attached hydrogens (tertiary/aromatic N) is 3. The quantitative estimate of drug-likeness (QED) is 0.572. The molecule has 0 bridgehead atoms. The number of hydrazone groups is 1. The van der Waals surface area contributed by atoms with Crippen molar-refractivity contribution in [3.05, 3.63) is 62.9 Å². The Morgan fingerprint density at radius 2 is 2.19 bits per heavy atom. The summed E-state index contributed by atoms with van der Waals surface area (Å²) in [6.45, 7) is 3.88. The summed E-state index contributed by atoms with van der Waals surface area (Å²) < 4.78 is 0. The first-order valence-electron chi connectivity index (χ1n) is 8.57. The van der Waals surface area contributed by atoms with Crippen molar-refractivity contribution in [1.29, 1.82) is 0 Å². The molecule has 4 nitrogen and oxygen atoms in total. The third-order valence-corrected chi connectivity index (χ3v) is 5.81. The summed E-state index contributed by atoms with van der Waals surface area (Å²) in [5.74, 6) is -0.0124. The van der Waals surface area contributed by atoms with Crippen LogP contribution in [-0.4, -0.2) is 21.6 Å². The van der Waals surface area contributed by atoms with Crippen LogP contribution in [-0.2, 0) is 4.79 Å². The lowest BCUT2D eigenvalue weighted by atomic mass is 10.0. The van der Waals surface area contributed by atoms with Gasteiger partial charge in [0, 0.05) is 23.8 Å². The highest BCUT2D eigenvalue weighted by atomic mass is 35.5. The lowest BCUT2D eigenvalue weighted by Gasteiger charge is -2.22. The lowest BCUT2D eigenvalue weighted by Crippen LogP contribution is -2.26. The average molecular weight is 384 g/mol. The third-order valence-electron chi connectivity index (χ3n) is 4.59. The minimum atomic E-state index is -0.217. The molecule has 4 rings (SSSR count). The Morgan fingerprint density at radius 3 is 2.92 bits per heavy atom. The molecule has 26 heavy (non-hydrogen) atoms. The molecular weight excluding hydrogens is 366 g/mol. The van der Waals surface area contributed by atoms with Crippen LogP contribution in [0.4, 0.5) is 0 Å². The van der Waals surface area contributed by atoms with E-state index in [1.165, 1.54) is 0 Å². The van der Waals surface area contributed by atoms with Crippen LogP contribution >= 0.6 is 22.9 Å². The molecule has 0 spiro atoms. The zero-order valence-electron chi connectivity index (χ0n) is 14.6. The van der Waals surface area contributed by atoms with Crippen molar-refractivity contribution in [2.45, 2.75) is 32.7 Å². The maximum absolute atomic E-state index is 12.5. The number of hydrogen-bond acceptors (Lipinski definition) is 4. The van der Waals surface area contributed by atoms with Gasteiger partial charge in [-0.2, -0.15) is 5.10 Å². The molecule has 0 aliphatic carbocycles. The number of aryl methyl sites for hydroxylation is 1. The van der Waals surface area contributed by atoms with Crippen molar-refractivity contribution in [3.8, 4) is 0 Å². The maximum Gasteiger partial charge on any atom is 0.242 e. The largest absolute Gasteiger partial charge is 0.273 e. The van der Waals surface area contributed by atoms with Crippen molar-refractivity contribution < 1.29 is 4.79 Å². The zero-order chi connectivity index (χ0) is 18.3. The molecule has 1 atom stereocenters. The van der Waals surface area contributed by atoms with Crippen LogP contribution in [0.5, 0.6) is 0 Å². The van der Waals surface area contributed by atoms with Gasteiger partial charge < -0.3 is 0 Å². The number of hydrogen-bond donors (Lipinski definition) is 0. The van der Waals surface area contributed by atoms with E-state index in [1.54, 1.807) is 16.3 Å². The number of pyridine rings is 1. The van der Waals surface area contributed by atoms with Gasteiger partial charge in [-0.1, -0.05) is 36.7 Å². The van der Waals surface area contributed by atoms with E-state index in [4.69, 9.17) is 11.6 Å². The highest BCUT2D eigenvalue weighted by molar-refractivity contribution is 7.12. The van der Waals surface area contributed by atoms with Crippen molar-refractivity contribution in [1.82, 2.24) is 9.99 Å². The van der Waals surface area contributed by atoms with Gasteiger partial charge in [-0.05, 0) is 36.1 Å². The summed E-state index contributed by atoms with van der Waals surface area (Å²) in [6.07, 6.45) is 1.04. The fourth-order valence-electron chi connectivity index (χ4n) is 3.24. The molecule has 3 heterocycles. The topological polar surface area (TPSA) is 45.6 Å². The van der Waals surface area contributed by atoms with E-state index in [9.17, 15) is 4.79 Å². The van der Waals surface area contributed by atoms with Gasteiger partial charge in [0.1, 0.15) is 5.15 Å². The van der Waals surface area contributed by atoms with Gasteiger partial charge in [-0.25, -0.2) is 9.99 Å². The Kier molecular flexibility index (Phi) is 4.51. The standard InChI is InChI=1S/C20H18ClN3OS/c1-3-19(25)24-17(11-16(23-24)18-5-4-8-26-18)14-10-13-7-6-12(2)9-15(13)22-20(14)21/h4-10,17H,3,11H2,1-2H3. The molecule has 1 aliphatic rings. The monoisotopic (exact) mass is 383 g/mol. The lowest BCUT2D eigenvalue weighted by molar-refractivity contribution is -0.132. The first-order chi connectivity index (χ1) is 12.6. The van der Waals surface area contributed by atoms with Crippen LogP contribution < -0.4 is 0 Å². The molecule has 1 aromatic carbocycles. The van der Waals surface area contributed by atoms with E-state index in [-0.39, 0.29) is 11.9 Å². The first-order valence-corrected chi connectivity index (χ1v) is 9.83. The number of halogens is 1. The van der Waals surface area contributed by atoms with E-state index >= 15 is 0 Å². The number of aromatic nitrogens is 1. The van der Waals surface area contributed by atoms with E-state index in [0.717, 1.165) is 32.6 Å². The van der Waals surface area contributed by atoms with E-state index < -0.39 is 0 Å². The molecule has 0 radical (unpaired) electrons. The van der Waals surface area contributed by atoms with Crippen LogP contribution in [0.15, 0.2) is 46.9 Å². The van der Waals surface area contributed by atoms with Crippen LogP contribution in [0.1, 0.15) is 41.8 Å². The number of benzene rings is 1. The molecule has 0 fully saturated rings. The second-order valence-electron chi connectivity index (χ2n) is 6.40. The van der Waals surface area contributed by atoms with Gasteiger partial charge in [0.2, 0.25) is 5.91 Å². The van der Waals surface area contributed by atoms with Crippen molar-refractivity contribution in [2.75, 3.05) is 0 Å². The molecule has 3 aromatic rings. The van der Waals surface area contributed by atoms with Crippen molar-refractivity contribution in [2.24, 2.45) is 5.10 Å². The van der Waals surface area contributed by atoms with Gasteiger partial charge in [-0.15, -0.1) is 11.3 Å². The molecule has 0 N–H and O–H groups in total. The van der Waals surface area contributed by atoms with Gasteiger partial charge >= 0.3 is 0 Å². The van der Waals surface area contributed by atoms with E-state index in [2.05, 4.69) is 16.2 Å². The molecule has 2 aromatic heterocycles. The molecule has 1 unspecified atom stereocenters. The Morgan fingerprint density at radius 1 is 1.35 bits per heavy atom. The number of rotatable bonds is 3. The number of amides is 1. The highest BCUT2D eigenvalue weighted by Gasteiger charge is 2.34. The van der Waals surface area contributed by atoms with Crippen LogP contribution in [0, 0.1) is 6.92 Å². The molecule has 6 heteroatoms. The van der Waals surface area contributed by atoms with Gasteiger partial charge in [0.05, 0.1) is 22.1 Å². The molecule has 0 saturated heterocycles.